The van der Waals surface area contributed by atoms with E-state index in [1.807, 2.05) is 56.3 Å². The minimum atomic E-state index is -0.165. The lowest BCUT2D eigenvalue weighted by molar-refractivity contribution is 0.355. The highest BCUT2D eigenvalue weighted by Crippen LogP contribution is 2.36. The Balaban J connectivity index is 1.50. The van der Waals surface area contributed by atoms with Crippen LogP contribution in [0, 0.1) is 13.8 Å². The molecule has 3 aromatic heterocycles. The van der Waals surface area contributed by atoms with Gasteiger partial charge in [-0.1, -0.05) is 40.7 Å². The van der Waals surface area contributed by atoms with Crippen LogP contribution >= 0.6 is 11.8 Å². The molecule has 178 valence electrons. The third-order valence-electron chi connectivity index (χ3n) is 5.48. The molecule has 0 saturated heterocycles. The van der Waals surface area contributed by atoms with Crippen LogP contribution in [0.15, 0.2) is 63.0 Å². The molecule has 1 N–H and O–H groups in total. The first-order chi connectivity index (χ1) is 17.0. The van der Waals surface area contributed by atoms with E-state index in [-0.39, 0.29) is 5.56 Å². The fourth-order valence-electron chi connectivity index (χ4n) is 3.81. The summed E-state index contributed by atoms with van der Waals surface area (Å²) in [7, 11) is 3.14. The number of nitrogens with one attached hydrogen (secondary N) is 1. The van der Waals surface area contributed by atoms with E-state index in [2.05, 4.69) is 15.1 Å². The predicted octanol–water partition coefficient (Wildman–Crippen LogP) is 4.69. The number of nitrogens with zero attached hydrogens (tertiary/aromatic N) is 4. The number of benzene rings is 2. The summed E-state index contributed by atoms with van der Waals surface area (Å²) in [6, 6.07) is 15.1. The minimum Gasteiger partial charge on any atom is -0.493 e. The third-order valence-corrected chi connectivity index (χ3v) is 6.41. The molecule has 0 saturated carbocycles. The van der Waals surface area contributed by atoms with Crippen molar-refractivity contribution in [1.29, 1.82) is 0 Å². The molecule has 0 spiro atoms. The van der Waals surface area contributed by atoms with E-state index in [9.17, 15) is 4.79 Å². The standard InChI is InChI=1S/C25H23N5O4S/c1-14-8-10-16(11-9-14)30-24(31)21-18(12-15(2)26-21)27-25(30)35-13-20-28-23(29-34-20)17-6-5-7-19(32-3)22(17)33-4/h5-12,26H,13H2,1-4H3. The van der Waals surface area contributed by atoms with E-state index >= 15 is 0 Å². The molecule has 0 aliphatic heterocycles. The van der Waals surface area contributed by atoms with Crippen molar-refractivity contribution in [3.8, 4) is 28.6 Å². The molecule has 3 heterocycles. The van der Waals surface area contributed by atoms with Gasteiger partial charge in [0.15, 0.2) is 16.7 Å². The van der Waals surface area contributed by atoms with Crippen LogP contribution in [0.2, 0.25) is 0 Å². The molecule has 0 radical (unpaired) electrons. The summed E-state index contributed by atoms with van der Waals surface area (Å²) in [5.74, 6) is 2.21. The van der Waals surface area contributed by atoms with Crippen molar-refractivity contribution in [2.75, 3.05) is 14.2 Å². The number of aromatic nitrogens is 5. The Morgan fingerprint density at radius 2 is 1.86 bits per heavy atom. The molecule has 0 amide bonds. The molecule has 0 aliphatic carbocycles. The van der Waals surface area contributed by atoms with Gasteiger partial charge in [0.25, 0.3) is 5.56 Å². The van der Waals surface area contributed by atoms with Crippen molar-refractivity contribution < 1.29 is 14.0 Å². The fourth-order valence-corrected chi connectivity index (χ4v) is 4.66. The summed E-state index contributed by atoms with van der Waals surface area (Å²) in [4.78, 5) is 25.8. The molecular weight excluding hydrogens is 466 g/mol. The van der Waals surface area contributed by atoms with Gasteiger partial charge in [0.05, 0.1) is 36.7 Å². The maximum atomic E-state index is 13.4. The first-order valence-corrected chi connectivity index (χ1v) is 11.8. The zero-order chi connectivity index (χ0) is 24.5. The number of aromatic amines is 1. The van der Waals surface area contributed by atoms with Crippen LogP contribution in [0.25, 0.3) is 28.1 Å². The van der Waals surface area contributed by atoms with Crippen molar-refractivity contribution in [2.45, 2.75) is 24.8 Å². The number of fused-ring (bicyclic) bond motifs is 1. The maximum Gasteiger partial charge on any atom is 0.283 e. The molecule has 5 rings (SSSR count). The van der Waals surface area contributed by atoms with Gasteiger partial charge in [-0.25, -0.2) is 4.98 Å². The highest BCUT2D eigenvalue weighted by molar-refractivity contribution is 7.98. The van der Waals surface area contributed by atoms with Crippen LogP contribution in [0.1, 0.15) is 17.1 Å². The number of ether oxygens (including phenoxy) is 2. The first-order valence-electron chi connectivity index (χ1n) is 10.8. The number of methoxy groups -OCH3 is 2. The fraction of sp³-hybridized carbons (Fsp3) is 0.200. The summed E-state index contributed by atoms with van der Waals surface area (Å²) in [6.45, 7) is 3.90. The highest BCUT2D eigenvalue weighted by Gasteiger charge is 2.19. The largest absolute Gasteiger partial charge is 0.493 e. The quantitative estimate of drug-likeness (QED) is 0.259. The van der Waals surface area contributed by atoms with E-state index in [4.69, 9.17) is 19.0 Å². The van der Waals surface area contributed by atoms with Crippen LogP contribution in [0.3, 0.4) is 0 Å². The average molecular weight is 490 g/mol. The summed E-state index contributed by atoms with van der Waals surface area (Å²) < 4.78 is 17.9. The number of para-hydroxylation sites is 1. The van der Waals surface area contributed by atoms with Crippen LogP contribution in [0.4, 0.5) is 0 Å². The molecule has 0 bridgehead atoms. The zero-order valence-corrected chi connectivity index (χ0v) is 20.5. The minimum absolute atomic E-state index is 0.165. The number of hydrogen-bond acceptors (Lipinski definition) is 8. The summed E-state index contributed by atoms with van der Waals surface area (Å²) in [6.07, 6.45) is 0. The summed E-state index contributed by atoms with van der Waals surface area (Å²) in [5.41, 5.74) is 4.29. The molecule has 0 aliphatic rings. The lowest BCUT2D eigenvalue weighted by Gasteiger charge is -2.11. The zero-order valence-electron chi connectivity index (χ0n) is 19.7. The Morgan fingerprint density at radius 1 is 1.06 bits per heavy atom. The highest BCUT2D eigenvalue weighted by atomic mass is 32.2. The summed E-state index contributed by atoms with van der Waals surface area (Å²) >= 11 is 1.35. The number of aryl methyl sites for hydroxylation is 2. The molecule has 2 aromatic carbocycles. The third kappa shape index (κ3) is 4.28. The topological polar surface area (TPSA) is 108 Å². The number of thioether (sulfide) groups is 1. The van der Waals surface area contributed by atoms with E-state index in [0.717, 1.165) is 16.9 Å². The Bertz CT molecular complexity index is 1570. The van der Waals surface area contributed by atoms with Gasteiger partial charge in [-0.2, -0.15) is 4.98 Å². The van der Waals surface area contributed by atoms with Crippen LogP contribution in [0.5, 0.6) is 11.5 Å². The lowest BCUT2D eigenvalue weighted by Crippen LogP contribution is -2.21. The maximum absolute atomic E-state index is 13.4. The van der Waals surface area contributed by atoms with Crippen LogP contribution < -0.4 is 15.0 Å². The Morgan fingerprint density at radius 3 is 2.60 bits per heavy atom. The molecule has 0 unspecified atom stereocenters. The average Bonchev–Trinajstić information content (AvgIpc) is 3.49. The number of H-pyrrole nitrogens is 1. The second-order valence-electron chi connectivity index (χ2n) is 7.92. The predicted molar refractivity (Wildman–Crippen MR) is 134 cm³/mol. The van der Waals surface area contributed by atoms with Crippen LogP contribution in [-0.2, 0) is 5.75 Å². The van der Waals surface area contributed by atoms with Crippen molar-refractivity contribution in [1.82, 2.24) is 24.7 Å². The van der Waals surface area contributed by atoms with Crippen molar-refractivity contribution >= 4 is 22.8 Å². The van der Waals surface area contributed by atoms with Gasteiger partial charge in [-0.05, 0) is 44.2 Å². The van der Waals surface area contributed by atoms with Gasteiger partial charge in [0, 0.05) is 5.69 Å². The Hall–Kier alpha value is -4.05. The van der Waals surface area contributed by atoms with Crippen molar-refractivity contribution in [3.63, 3.8) is 0 Å². The monoisotopic (exact) mass is 489 g/mol. The normalized spacial score (nSPS) is 11.2. The van der Waals surface area contributed by atoms with Gasteiger partial charge in [-0.15, -0.1) is 0 Å². The summed E-state index contributed by atoms with van der Waals surface area (Å²) in [5, 5.41) is 4.65. The molecule has 9 nitrogen and oxygen atoms in total. The molecule has 5 aromatic rings. The van der Waals surface area contributed by atoms with Crippen LogP contribution in [-0.4, -0.2) is 38.9 Å². The Labute approximate surface area is 205 Å². The molecule has 0 fully saturated rings. The number of hydrogen-bond donors (Lipinski definition) is 1. The smallest absolute Gasteiger partial charge is 0.283 e. The van der Waals surface area contributed by atoms with E-state index < -0.39 is 0 Å². The van der Waals surface area contributed by atoms with E-state index in [1.165, 1.54) is 11.8 Å². The van der Waals surface area contributed by atoms with Gasteiger partial charge in [0.2, 0.25) is 11.7 Å². The van der Waals surface area contributed by atoms with Gasteiger partial charge < -0.3 is 19.0 Å². The second kappa shape index (κ2) is 9.30. The van der Waals surface area contributed by atoms with E-state index in [1.54, 1.807) is 24.9 Å². The lowest BCUT2D eigenvalue weighted by atomic mass is 10.2. The van der Waals surface area contributed by atoms with Gasteiger partial charge in [0.1, 0.15) is 5.52 Å². The van der Waals surface area contributed by atoms with Crippen molar-refractivity contribution in [2.24, 2.45) is 0 Å². The Kier molecular flexibility index (Phi) is 6.04. The molecule has 0 atom stereocenters. The first kappa shape index (κ1) is 22.7. The molecule has 10 heteroatoms. The number of rotatable bonds is 7. The SMILES string of the molecule is COc1cccc(-c2noc(CSc3nc4cc(C)[nH]c4c(=O)n3-c3ccc(C)cc3)n2)c1OC. The second-order valence-corrected chi connectivity index (χ2v) is 8.87. The molecular formula is C25H23N5O4S. The van der Waals surface area contributed by atoms with Crippen molar-refractivity contribution in [3.05, 3.63) is 76.0 Å². The van der Waals surface area contributed by atoms with Gasteiger partial charge >= 0.3 is 0 Å². The van der Waals surface area contributed by atoms with E-state index in [0.29, 0.717) is 50.7 Å². The molecule has 35 heavy (non-hydrogen) atoms. The van der Waals surface area contributed by atoms with Gasteiger partial charge in [-0.3, -0.25) is 9.36 Å².